The third kappa shape index (κ3) is 3.60. The highest BCUT2D eigenvalue weighted by Gasteiger charge is 2.24. The van der Waals surface area contributed by atoms with Crippen LogP contribution in [0.15, 0.2) is 54.6 Å². The van der Waals surface area contributed by atoms with Gasteiger partial charge in [0.15, 0.2) is 0 Å². The Morgan fingerprint density at radius 3 is 2.55 bits per heavy atom. The van der Waals surface area contributed by atoms with E-state index in [9.17, 15) is 4.79 Å². The number of amides is 2. The van der Waals surface area contributed by atoms with Gasteiger partial charge in [0.1, 0.15) is 0 Å². The summed E-state index contributed by atoms with van der Waals surface area (Å²) in [6, 6.07) is 17.6. The van der Waals surface area contributed by atoms with Crippen LogP contribution >= 0.6 is 11.6 Å². The van der Waals surface area contributed by atoms with Gasteiger partial charge in [0.05, 0.1) is 0 Å². The van der Waals surface area contributed by atoms with E-state index in [0.717, 1.165) is 31.6 Å². The van der Waals surface area contributed by atoms with Crippen molar-refractivity contribution in [2.24, 2.45) is 0 Å². The summed E-state index contributed by atoms with van der Waals surface area (Å²) in [5.41, 5.74) is 2.09. The Morgan fingerprint density at radius 2 is 1.82 bits per heavy atom. The number of halogens is 1. The van der Waals surface area contributed by atoms with E-state index < -0.39 is 0 Å². The number of urea groups is 1. The predicted octanol–water partition coefficient (Wildman–Crippen LogP) is 4.75. The fourth-order valence-electron chi connectivity index (χ4n) is 2.89. The van der Waals surface area contributed by atoms with Gasteiger partial charge in [-0.05, 0) is 42.7 Å². The zero-order chi connectivity index (χ0) is 15.4. The lowest BCUT2D eigenvalue weighted by Crippen LogP contribution is -2.41. The molecule has 1 aliphatic heterocycles. The molecule has 1 fully saturated rings. The van der Waals surface area contributed by atoms with Crippen LogP contribution in [-0.4, -0.2) is 24.0 Å². The Balaban J connectivity index is 1.64. The van der Waals surface area contributed by atoms with Crippen LogP contribution in [0.4, 0.5) is 10.5 Å². The van der Waals surface area contributed by atoms with Crippen LogP contribution in [0.5, 0.6) is 0 Å². The number of nitrogens with one attached hydrogen (secondary N) is 1. The van der Waals surface area contributed by atoms with Gasteiger partial charge < -0.3 is 10.2 Å². The molecular weight excluding hydrogens is 296 g/mol. The van der Waals surface area contributed by atoms with Crippen molar-refractivity contribution in [3.63, 3.8) is 0 Å². The molecule has 1 aliphatic rings. The minimum Gasteiger partial charge on any atom is -0.324 e. The standard InChI is InChI=1S/C18H19ClN2O/c19-16-8-10-17(11-9-16)20-18(22)21-12-4-7-15(13-21)14-5-2-1-3-6-14/h1-3,5-6,8-11,15H,4,7,12-13H2,(H,20,22). The van der Waals surface area contributed by atoms with E-state index in [2.05, 4.69) is 29.6 Å². The normalized spacial score (nSPS) is 18.0. The molecule has 2 amide bonds. The van der Waals surface area contributed by atoms with Crippen LogP contribution in [0.3, 0.4) is 0 Å². The number of carbonyl (C=O) groups excluding carboxylic acids is 1. The molecule has 2 aromatic rings. The summed E-state index contributed by atoms with van der Waals surface area (Å²) in [5, 5.41) is 3.61. The Labute approximate surface area is 135 Å². The molecule has 2 aromatic carbocycles. The summed E-state index contributed by atoms with van der Waals surface area (Å²) >= 11 is 5.86. The smallest absolute Gasteiger partial charge is 0.321 e. The van der Waals surface area contributed by atoms with Crippen LogP contribution in [0, 0.1) is 0 Å². The SMILES string of the molecule is O=C(Nc1ccc(Cl)cc1)N1CCCC(c2ccccc2)C1. The van der Waals surface area contributed by atoms with Crippen LogP contribution < -0.4 is 5.32 Å². The molecule has 0 saturated carbocycles. The monoisotopic (exact) mass is 314 g/mol. The van der Waals surface area contributed by atoms with Gasteiger partial charge in [-0.15, -0.1) is 0 Å². The van der Waals surface area contributed by atoms with Crippen LogP contribution in [0.25, 0.3) is 0 Å². The van der Waals surface area contributed by atoms with Crippen molar-refractivity contribution in [2.75, 3.05) is 18.4 Å². The fraction of sp³-hybridized carbons (Fsp3) is 0.278. The summed E-state index contributed by atoms with van der Waals surface area (Å²) in [7, 11) is 0. The van der Waals surface area contributed by atoms with E-state index in [1.807, 2.05) is 23.1 Å². The molecule has 3 nitrogen and oxygen atoms in total. The minimum atomic E-state index is -0.0389. The van der Waals surface area contributed by atoms with E-state index in [1.165, 1.54) is 5.56 Å². The highest BCUT2D eigenvalue weighted by Crippen LogP contribution is 2.27. The first-order chi connectivity index (χ1) is 10.7. The van der Waals surface area contributed by atoms with E-state index in [-0.39, 0.29) is 6.03 Å². The number of hydrogen-bond acceptors (Lipinski definition) is 1. The summed E-state index contributed by atoms with van der Waals surface area (Å²) in [6.45, 7) is 1.58. The number of rotatable bonds is 2. The molecule has 114 valence electrons. The Hall–Kier alpha value is -2.00. The molecule has 22 heavy (non-hydrogen) atoms. The van der Waals surface area contributed by atoms with Gasteiger partial charge >= 0.3 is 6.03 Å². The lowest BCUT2D eigenvalue weighted by molar-refractivity contribution is 0.193. The molecule has 4 heteroatoms. The van der Waals surface area contributed by atoms with Crippen molar-refractivity contribution >= 4 is 23.3 Å². The first kappa shape index (κ1) is 14.9. The summed E-state index contributed by atoms with van der Waals surface area (Å²) in [4.78, 5) is 14.3. The molecule has 3 rings (SSSR count). The maximum absolute atomic E-state index is 12.4. The summed E-state index contributed by atoms with van der Waals surface area (Å²) in [6.07, 6.45) is 2.17. The van der Waals surface area contributed by atoms with Crippen molar-refractivity contribution in [3.05, 3.63) is 65.2 Å². The van der Waals surface area contributed by atoms with Crippen molar-refractivity contribution < 1.29 is 4.79 Å². The van der Waals surface area contributed by atoms with Gasteiger partial charge in [-0.3, -0.25) is 0 Å². The molecule has 1 atom stereocenters. The van der Waals surface area contributed by atoms with E-state index in [0.29, 0.717) is 10.9 Å². The van der Waals surface area contributed by atoms with E-state index in [1.54, 1.807) is 12.1 Å². The van der Waals surface area contributed by atoms with Crippen molar-refractivity contribution in [3.8, 4) is 0 Å². The van der Waals surface area contributed by atoms with Crippen LogP contribution in [0.2, 0.25) is 5.02 Å². The number of anilines is 1. The number of benzene rings is 2. The van der Waals surface area contributed by atoms with Gasteiger partial charge in [0, 0.05) is 29.7 Å². The quantitative estimate of drug-likeness (QED) is 0.852. The van der Waals surface area contributed by atoms with E-state index >= 15 is 0 Å². The zero-order valence-electron chi connectivity index (χ0n) is 12.3. The van der Waals surface area contributed by atoms with Gasteiger partial charge in [0.2, 0.25) is 0 Å². The minimum absolute atomic E-state index is 0.0389. The first-order valence-electron chi connectivity index (χ1n) is 7.59. The molecule has 0 aliphatic carbocycles. The van der Waals surface area contributed by atoms with Crippen LogP contribution in [0.1, 0.15) is 24.3 Å². The molecule has 1 unspecified atom stereocenters. The Kier molecular flexibility index (Phi) is 4.64. The first-order valence-corrected chi connectivity index (χ1v) is 7.96. The number of hydrogen-bond donors (Lipinski definition) is 1. The van der Waals surface area contributed by atoms with Crippen molar-refractivity contribution in [1.82, 2.24) is 4.90 Å². The molecule has 0 radical (unpaired) electrons. The molecular formula is C18H19ClN2O. The highest BCUT2D eigenvalue weighted by molar-refractivity contribution is 6.30. The van der Waals surface area contributed by atoms with Gasteiger partial charge in [-0.2, -0.15) is 0 Å². The lowest BCUT2D eigenvalue weighted by atomic mass is 9.91. The molecule has 1 saturated heterocycles. The molecule has 0 aromatic heterocycles. The maximum Gasteiger partial charge on any atom is 0.321 e. The largest absolute Gasteiger partial charge is 0.324 e. The van der Waals surface area contributed by atoms with E-state index in [4.69, 9.17) is 11.6 Å². The second-order valence-corrected chi connectivity index (χ2v) is 6.07. The van der Waals surface area contributed by atoms with Crippen molar-refractivity contribution in [1.29, 1.82) is 0 Å². The fourth-order valence-corrected chi connectivity index (χ4v) is 3.02. The maximum atomic E-state index is 12.4. The third-order valence-electron chi connectivity index (χ3n) is 4.08. The number of likely N-dealkylation sites (tertiary alicyclic amines) is 1. The summed E-state index contributed by atoms with van der Waals surface area (Å²) in [5.74, 6) is 0.422. The molecule has 0 spiro atoms. The molecule has 1 N–H and O–H groups in total. The summed E-state index contributed by atoms with van der Waals surface area (Å²) < 4.78 is 0. The van der Waals surface area contributed by atoms with Gasteiger partial charge in [-0.1, -0.05) is 41.9 Å². The number of piperidine rings is 1. The lowest BCUT2D eigenvalue weighted by Gasteiger charge is -2.33. The second kappa shape index (κ2) is 6.84. The molecule has 0 bridgehead atoms. The molecule has 1 heterocycles. The average Bonchev–Trinajstić information content (AvgIpc) is 2.58. The van der Waals surface area contributed by atoms with Gasteiger partial charge in [0.25, 0.3) is 0 Å². The predicted molar refractivity (Wildman–Crippen MR) is 90.5 cm³/mol. The Morgan fingerprint density at radius 1 is 1.09 bits per heavy atom. The zero-order valence-corrected chi connectivity index (χ0v) is 13.1. The van der Waals surface area contributed by atoms with Gasteiger partial charge in [-0.25, -0.2) is 4.79 Å². The topological polar surface area (TPSA) is 32.3 Å². The van der Waals surface area contributed by atoms with Crippen molar-refractivity contribution in [2.45, 2.75) is 18.8 Å². The Bertz CT molecular complexity index is 627. The average molecular weight is 315 g/mol. The number of carbonyl (C=O) groups is 1. The third-order valence-corrected chi connectivity index (χ3v) is 4.33. The highest BCUT2D eigenvalue weighted by atomic mass is 35.5. The van der Waals surface area contributed by atoms with Crippen LogP contribution in [-0.2, 0) is 0 Å². The second-order valence-electron chi connectivity index (χ2n) is 5.63. The number of nitrogens with zero attached hydrogens (tertiary/aromatic N) is 1.